The zero-order chi connectivity index (χ0) is 34.1. The molecule has 1 saturated carbocycles. The van der Waals surface area contributed by atoms with Crippen LogP contribution in [0.1, 0.15) is 55.9 Å². The molecule has 0 spiro atoms. The van der Waals surface area contributed by atoms with E-state index in [0.717, 1.165) is 10.6 Å². The number of anilines is 1. The lowest BCUT2D eigenvalue weighted by atomic mass is 9.89. The zero-order valence-corrected chi connectivity index (χ0v) is 28.7. The van der Waals surface area contributed by atoms with Crippen LogP contribution in [0.2, 0.25) is 10.0 Å². The molecule has 47 heavy (non-hydrogen) atoms. The molecule has 15 heteroatoms. The fourth-order valence-corrected chi connectivity index (χ4v) is 8.52. The van der Waals surface area contributed by atoms with Gasteiger partial charge in [-0.2, -0.15) is 0 Å². The fraction of sp³-hybridized carbons (Fsp3) is 0.375. The van der Waals surface area contributed by atoms with Gasteiger partial charge in [-0.05, 0) is 66.8 Å². The van der Waals surface area contributed by atoms with E-state index in [0.29, 0.717) is 34.0 Å². The van der Waals surface area contributed by atoms with Gasteiger partial charge in [0.05, 0.1) is 42.2 Å². The van der Waals surface area contributed by atoms with Gasteiger partial charge in [-0.1, -0.05) is 66.5 Å². The van der Waals surface area contributed by atoms with Gasteiger partial charge in [0.15, 0.2) is 0 Å². The Balaban J connectivity index is 1.65. The SMILES string of the molecule is CCC(CN(c1ccccc1F)S(=O)(=O)C1CC1)N1C(=O)[C@@H](CC(=O)NS(C)(=O)=O)O[C@H](c2cccc(Cl)c2)[C@H]1c1ccc(Cl)cc1. The second-order valence-electron chi connectivity index (χ2n) is 11.6. The van der Waals surface area contributed by atoms with Crippen LogP contribution in [0.4, 0.5) is 10.1 Å². The lowest BCUT2D eigenvalue weighted by Gasteiger charge is -2.49. The van der Waals surface area contributed by atoms with Crippen molar-refractivity contribution in [2.24, 2.45) is 0 Å². The number of morpholine rings is 1. The summed E-state index contributed by atoms with van der Waals surface area (Å²) < 4.78 is 75.8. The minimum Gasteiger partial charge on any atom is -0.357 e. The Bertz CT molecular complexity index is 1860. The number of carbonyl (C=O) groups excluding carboxylic acids is 2. The minimum absolute atomic E-state index is 0.142. The van der Waals surface area contributed by atoms with E-state index in [4.69, 9.17) is 27.9 Å². The second-order valence-corrected chi connectivity index (χ2v) is 16.4. The highest BCUT2D eigenvalue weighted by Crippen LogP contribution is 2.45. The van der Waals surface area contributed by atoms with E-state index in [1.54, 1.807) is 55.5 Å². The van der Waals surface area contributed by atoms with Crippen LogP contribution in [0.5, 0.6) is 0 Å². The molecule has 252 valence electrons. The van der Waals surface area contributed by atoms with E-state index < -0.39 is 73.6 Å². The van der Waals surface area contributed by atoms with Gasteiger partial charge in [0.2, 0.25) is 26.0 Å². The third kappa shape index (κ3) is 8.09. The lowest BCUT2D eigenvalue weighted by Crippen LogP contribution is -2.58. The molecule has 0 bridgehead atoms. The molecule has 2 aliphatic rings. The first-order valence-electron chi connectivity index (χ1n) is 14.9. The van der Waals surface area contributed by atoms with Crippen molar-refractivity contribution < 1.29 is 35.6 Å². The molecule has 3 aromatic carbocycles. The Morgan fingerprint density at radius 3 is 2.28 bits per heavy atom. The second kappa shape index (κ2) is 14.1. The molecule has 4 atom stereocenters. The molecule has 2 fully saturated rings. The molecule has 1 heterocycles. The molecule has 3 aromatic rings. The standard InChI is InChI=1S/C32H34Cl2FN3O7S2/c1-3-24(19-37(47(43,44)25-15-16-25)27-10-5-4-9-26(27)35)38-30(20-11-13-22(33)14-12-20)31(21-7-6-8-23(34)17-21)45-28(32(38)40)18-29(39)36-46(2,41)42/h4-14,17,24-25,28,30-31H,3,15-16,18-19H2,1-2H3,(H,36,39)/t24?,28-,30-,31-/m1/s1. The number of benzene rings is 3. The summed E-state index contributed by atoms with van der Waals surface area (Å²) in [5.74, 6) is -2.37. The van der Waals surface area contributed by atoms with E-state index in [2.05, 4.69) is 0 Å². The van der Waals surface area contributed by atoms with Crippen molar-refractivity contribution in [3.63, 3.8) is 0 Å². The Kier molecular flexibility index (Phi) is 10.5. The topological polar surface area (TPSA) is 130 Å². The van der Waals surface area contributed by atoms with Gasteiger partial charge in [-0.25, -0.2) is 21.2 Å². The molecule has 1 aliphatic carbocycles. The van der Waals surface area contributed by atoms with E-state index in [-0.39, 0.29) is 18.7 Å². The maximum Gasteiger partial charge on any atom is 0.253 e. The van der Waals surface area contributed by atoms with Crippen LogP contribution in [0.25, 0.3) is 0 Å². The summed E-state index contributed by atoms with van der Waals surface area (Å²) in [6.45, 7) is 1.48. The van der Waals surface area contributed by atoms with E-state index in [1.165, 1.54) is 29.2 Å². The van der Waals surface area contributed by atoms with Crippen molar-refractivity contribution in [3.05, 3.63) is 99.8 Å². The van der Waals surface area contributed by atoms with Gasteiger partial charge in [-0.15, -0.1) is 0 Å². The molecule has 1 saturated heterocycles. The summed E-state index contributed by atoms with van der Waals surface area (Å²) in [6, 6.07) is 17.3. The number of carbonyl (C=O) groups is 2. The molecule has 1 unspecified atom stereocenters. The minimum atomic E-state index is -4.02. The Morgan fingerprint density at radius 1 is 1.00 bits per heavy atom. The number of para-hydroxylation sites is 1. The summed E-state index contributed by atoms with van der Waals surface area (Å²) >= 11 is 12.6. The number of rotatable bonds is 12. The van der Waals surface area contributed by atoms with Gasteiger partial charge >= 0.3 is 0 Å². The van der Waals surface area contributed by atoms with E-state index >= 15 is 4.39 Å². The van der Waals surface area contributed by atoms with Crippen LogP contribution < -0.4 is 9.03 Å². The van der Waals surface area contributed by atoms with Crippen LogP contribution >= 0.6 is 23.2 Å². The Labute approximate surface area is 283 Å². The molecule has 0 radical (unpaired) electrons. The summed E-state index contributed by atoms with van der Waals surface area (Å²) in [5, 5.41) is 0.133. The van der Waals surface area contributed by atoms with Crippen molar-refractivity contribution in [1.82, 2.24) is 9.62 Å². The number of sulfonamides is 2. The van der Waals surface area contributed by atoms with Crippen molar-refractivity contribution in [3.8, 4) is 0 Å². The molecular weight excluding hydrogens is 692 g/mol. The molecule has 1 N–H and O–H groups in total. The fourth-order valence-electron chi connectivity index (χ4n) is 5.80. The summed E-state index contributed by atoms with van der Waals surface area (Å²) in [7, 11) is -7.96. The van der Waals surface area contributed by atoms with Gasteiger partial charge in [-0.3, -0.25) is 18.6 Å². The van der Waals surface area contributed by atoms with Gasteiger partial charge in [0.25, 0.3) is 5.91 Å². The summed E-state index contributed by atoms with van der Waals surface area (Å²) in [6.07, 6.45) is -1.13. The van der Waals surface area contributed by atoms with Crippen molar-refractivity contribution in [2.45, 2.75) is 62.1 Å². The third-order valence-corrected chi connectivity index (χ3v) is 11.5. The molecular formula is C32H34Cl2FN3O7S2. The number of halogens is 3. The van der Waals surface area contributed by atoms with Crippen LogP contribution in [-0.4, -0.2) is 63.7 Å². The normalized spacial score (nSPS) is 20.9. The van der Waals surface area contributed by atoms with Gasteiger partial charge < -0.3 is 9.64 Å². The predicted octanol–water partition coefficient (Wildman–Crippen LogP) is 5.39. The molecule has 5 rings (SSSR count). The monoisotopic (exact) mass is 725 g/mol. The zero-order valence-electron chi connectivity index (χ0n) is 25.6. The van der Waals surface area contributed by atoms with Crippen LogP contribution in [-0.2, 0) is 34.4 Å². The van der Waals surface area contributed by atoms with Crippen molar-refractivity contribution in [1.29, 1.82) is 0 Å². The van der Waals surface area contributed by atoms with Crippen molar-refractivity contribution >= 4 is 60.8 Å². The quantitative estimate of drug-likeness (QED) is 0.265. The van der Waals surface area contributed by atoms with Crippen LogP contribution in [0.15, 0.2) is 72.8 Å². The smallest absolute Gasteiger partial charge is 0.253 e. The average Bonchev–Trinajstić information content (AvgIpc) is 3.86. The maximum atomic E-state index is 15.2. The van der Waals surface area contributed by atoms with Gasteiger partial charge in [0.1, 0.15) is 18.0 Å². The molecule has 0 aromatic heterocycles. The number of amides is 2. The highest BCUT2D eigenvalue weighted by Gasteiger charge is 2.49. The van der Waals surface area contributed by atoms with Crippen molar-refractivity contribution in [2.75, 3.05) is 17.1 Å². The summed E-state index contributed by atoms with van der Waals surface area (Å²) in [4.78, 5) is 28.8. The van der Waals surface area contributed by atoms with E-state index in [1.807, 2.05) is 4.72 Å². The first-order valence-corrected chi connectivity index (χ1v) is 19.1. The number of ether oxygens (including phenoxy) is 1. The third-order valence-electron chi connectivity index (χ3n) is 8.10. The largest absolute Gasteiger partial charge is 0.357 e. The molecule has 10 nitrogen and oxygen atoms in total. The number of nitrogens with one attached hydrogen (secondary N) is 1. The first-order chi connectivity index (χ1) is 22.2. The van der Waals surface area contributed by atoms with Gasteiger partial charge in [0, 0.05) is 10.0 Å². The highest BCUT2D eigenvalue weighted by molar-refractivity contribution is 7.93. The number of hydrogen-bond acceptors (Lipinski definition) is 7. The predicted molar refractivity (Wildman–Crippen MR) is 177 cm³/mol. The first kappa shape index (κ1) is 35.1. The molecule has 2 amide bonds. The molecule has 1 aliphatic heterocycles. The van der Waals surface area contributed by atoms with E-state index in [9.17, 15) is 26.4 Å². The highest BCUT2D eigenvalue weighted by atomic mass is 35.5. The Morgan fingerprint density at radius 2 is 1.68 bits per heavy atom. The van der Waals surface area contributed by atoms with Crippen LogP contribution in [0, 0.1) is 5.82 Å². The lowest BCUT2D eigenvalue weighted by molar-refractivity contribution is -0.181. The number of hydrogen-bond donors (Lipinski definition) is 1. The number of nitrogens with zero attached hydrogens (tertiary/aromatic N) is 2. The van der Waals surface area contributed by atoms with Crippen LogP contribution in [0.3, 0.4) is 0 Å². The summed E-state index contributed by atoms with van der Waals surface area (Å²) in [5.41, 5.74) is 1.000. The average molecular weight is 727 g/mol. The maximum absolute atomic E-state index is 15.2. The Hall–Kier alpha value is -3.23.